The molecule has 1 fully saturated rings. The first-order valence-corrected chi connectivity index (χ1v) is 8.68. The summed E-state index contributed by atoms with van der Waals surface area (Å²) in [5.74, 6) is 0.871. The lowest BCUT2D eigenvalue weighted by Crippen LogP contribution is -2.49. The highest BCUT2D eigenvalue weighted by molar-refractivity contribution is 6.08. The second-order valence-electron chi connectivity index (χ2n) is 6.90. The second kappa shape index (κ2) is 5.55. The molecule has 0 unspecified atom stereocenters. The fourth-order valence-electron chi connectivity index (χ4n) is 4.18. The zero-order chi connectivity index (χ0) is 16.0. The average molecular weight is 312 g/mol. The average Bonchev–Trinajstić information content (AvgIpc) is 2.97. The van der Waals surface area contributed by atoms with Gasteiger partial charge < -0.3 is 14.8 Å². The summed E-state index contributed by atoms with van der Waals surface area (Å²) in [4.78, 5) is 19.2. The maximum atomic E-state index is 12.3. The Labute approximate surface area is 136 Å². The van der Waals surface area contributed by atoms with Crippen molar-refractivity contribution in [1.29, 1.82) is 0 Å². The molecule has 0 aromatic carbocycles. The van der Waals surface area contributed by atoms with E-state index in [-0.39, 0.29) is 5.91 Å². The molecule has 0 bridgehead atoms. The molecule has 0 atom stereocenters. The zero-order valence-electron chi connectivity index (χ0n) is 13.9. The second-order valence-corrected chi connectivity index (χ2v) is 6.90. The van der Waals surface area contributed by atoms with Gasteiger partial charge in [0.1, 0.15) is 5.65 Å². The summed E-state index contributed by atoms with van der Waals surface area (Å²) in [7, 11) is 2.00. The number of rotatable bonds is 2. The van der Waals surface area contributed by atoms with Gasteiger partial charge in [0, 0.05) is 30.9 Å². The molecule has 3 heterocycles. The monoisotopic (exact) mass is 312 g/mol. The van der Waals surface area contributed by atoms with Crippen molar-refractivity contribution in [1.82, 2.24) is 14.9 Å². The quantitative estimate of drug-likeness (QED) is 0.927. The van der Waals surface area contributed by atoms with Crippen LogP contribution in [-0.2, 0) is 7.05 Å². The van der Waals surface area contributed by atoms with Crippen LogP contribution in [0.5, 0.6) is 0 Å². The molecule has 1 aliphatic heterocycles. The zero-order valence-corrected chi connectivity index (χ0v) is 13.9. The lowest BCUT2D eigenvalue weighted by Gasteiger charge is -2.41. The van der Waals surface area contributed by atoms with Gasteiger partial charge in [-0.25, -0.2) is 4.98 Å². The third-order valence-electron chi connectivity index (χ3n) is 5.64. The van der Waals surface area contributed by atoms with Gasteiger partial charge in [-0.3, -0.25) is 4.79 Å². The van der Waals surface area contributed by atoms with Crippen LogP contribution in [0.15, 0.2) is 18.5 Å². The van der Waals surface area contributed by atoms with Crippen LogP contribution in [0.2, 0.25) is 0 Å². The molecule has 2 aliphatic rings. The minimum Gasteiger partial charge on any atom is -0.350 e. The number of amides is 1. The van der Waals surface area contributed by atoms with Crippen LogP contribution in [0.3, 0.4) is 0 Å². The summed E-state index contributed by atoms with van der Waals surface area (Å²) in [5, 5.41) is 4.12. The standard InChI is InChI=1S/C18H24N4O/c1-3-12-4-6-13(7-5-12)22-11-20-18(23)15-10-19-17-14(16(15)22)8-9-21(17)2/h8-10,12-13H,3-7,11H2,1-2H3,(H,20,23). The Balaban J connectivity index is 1.75. The molecule has 0 saturated heterocycles. The van der Waals surface area contributed by atoms with Crippen molar-refractivity contribution in [3.8, 4) is 0 Å². The van der Waals surface area contributed by atoms with Crippen molar-refractivity contribution >= 4 is 22.6 Å². The van der Waals surface area contributed by atoms with E-state index in [0.29, 0.717) is 18.3 Å². The predicted octanol–water partition coefficient (Wildman–Crippen LogP) is 3.05. The van der Waals surface area contributed by atoms with E-state index in [9.17, 15) is 4.79 Å². The molecule has 23 heavy (non-hydrogen) atoms. The molecule has 0 radical (unpaired) electrons. The number of hydrogen-bond donors (Lipinski definition) is 1. The van der Waals surface area contributed by atoms with Crippen LogP contribution in [-0.4, -0.2) is 28.2 Å². The minimum atomic E-state index is -0.00301. The first kappa shape index (κ1) is 14.5. The predicted molar refractivity (Wildman–Crippen MR) is 91.6 cm³/mol. The summed E-state index contributed by atoms with van der Waals surface area (Å²) in [6, 6.07) is 2.60. The summed E-state index contributed by atoms with van der Waals surface area (Å²) in [5.41, 5.74) is 2.75. The summed E-state index contributed by atoms with van der Waals surface area (Å²) in [6.45, 7) is 2.90. The third kappa shape index (κ3) is 2.30. The molecule has 1 aliphatic carbocycles. The van der Waals surface area contributed by atoms with Gasteiger partial charge >= 0.3 is 0 Å². The van der Waals surface area contributed by atoms with E-state index in [4.69, 9.17) is 0 Å². The summed E-state index contributed by atoms with van der Waals surface area (Å²) in [6.07, 6.45) is 10.1. The third-order valence-corrected chi connectivity index (χ3v) is 5.64. The van der Waals surface area contributed by atoms with Crippen LogP contribution >= 0.6 is 0 Å². The number of anilines is 1. The number of aromatic nitrogens is 2. The fourth-order valence-corrected chi connectivity index (χ4v) is 4.18. The number of aryl methyl sites for hydroxylation is 1. The van der Waals surface area contributed by atoms with Crippen molar-refractivity contribution in [3.05, 3.63) is 24.0 Å². The highest BCUT2D eigenvalue weighted by Crippen LogP contribution is 2.37. The SMILES string of the molecule is CCC1CCC(N2CNC(=O)c3cnc4c(ccn4C)c32)CC1. The van der Waals surface area contributed by atoms with E-state index < -0.39 is 0 Å². The Kier molecular flexibility index (Phi) is 3.51. The molecule has 2 aromatic heterocycles. The maximum absolute atomic E-state index is 12.3. The van der Waals surface area contributed by atoms with Crippen LogP contribution in [0, 0.1) is 5.92 Å². The lowest BCUT2D eigenvalue weighted by molar-refractivity contribution is 0.0944. The van der Waals surface area contributed by atoms with Gasteiger partial charge in [0.2, 0.25) is 0 Å². The molecule has 4 rings (SSSR count). The van der Waals surface area contributed by atoms with Crippen molar-refractivity contribution in [2.45, 2.75) is 45.1 Å². The Morgan fingerprint density at radius 3 is 2.83 bits per heavy atom. The van der Waals surface area contributed by atoms with Crippen LogP contribution in [0.1, 0.15) is 49.4 Å². The van der Waals surface area contributed by atoms with Gasteiger partial charge in [-0.1, -0.05) is 13.3 Å². The number of carbonyl (C=O) groups excluding carboxylic acids is 1. The fraction of sp³-hybridized carbons (Fsp3) is 0.556. The molecular formula is C18H24N4O. The van der Waals surface area contributed by atoms with Crippen molar-refractivity contribution in [2.24, 2.45) is 13.0 Å². The minimum absolute atomic E-state index is 0.00301. The number of nitrogens with zero attached hydrogens (tertiary/aromatic N) is 3. The highest BCUT2D eigenvalue weighted by atomic mass is 16.2. The Morgan fingerprint density at radius 1 is 1.30 bits per heavy atom. The molecule has 1 N–H and O–H groups in total. The Hall–Kier alpha value is -2.04. The topological polar surface area (TPSA) is 50.2 Å². The van der Waals surface area contributed by atoms with E-state index in [2.05, 4.69) is 28.2 Å². The molecule has 122 valence electrons. The van der Waals surface area contributed by atoms with E-state index in [0.717, 1.165) is 22.6 Å². The first-order chi connectivity index (χ1) is 11.2. The Bertz CT molecular complexity index is 743. The molecule has 1 saturated carbocycles. The Morgan fingerprint density at radius 2 is 2.09 bits per heavy atom. The molecule has 5 nitrogen and oxygen atoms in total. The maximum Gasteiger partial charge on any atom is 0.256 e. The van der Waals surface area contributed by atoms with Crippen molar-refractivity contribution in [3.63, 3.8) is 0 Å². The number of nitrogens with one attached hydrogen (secondary N) is 1. The van der Waals surface area contributed by atoms with E-state index in [1.165, 1.54) is 32.1 Å². The number of pyridine rings is 1. The number of fused-ring (bicyclic) bond motifs is 3. The van der Waals surface area contributed by atoms with Crippen LogP contribution in [0.25, 0.3) is 11.0 Å². The lowest BCUT2D eigenvalue weighted by atomic mass is 9.83. The van der Waals surface area contributed by atoms with Crippen molar-refractivity contribution < 1.29 is 4.79 Å². The van der Waals surface area contributed by atoms with Gasteiger partial charge in [-0.15, -0.1) is 0 Å². The van der Waals surface area contributed by atoms with Gasteiger partial charge in [-0.2, -0.15) is 0 Å². The number of carbonyl (C=O) groups is 1. The van der Waals surface area contributed by atoms with Gasteiger partial charge in [0.05, 0.1) is 17.9 Å². The van der Waals surface area contributed by atoms with Crippen LogP contribution in [0.4, 0.5) is 5.69 Å². The van der Waals surface area contributed by atoms with E-state index in [1.54, 1.807) is 6.20 Å². The molecule has 2 aromatic rings. The highest BCUT2D eigenvalue weighted by Gasteiger charge is 2.32. The summed E-state index contributed by atoms with van der Waals surface area (Å²) < 4.78 is 2.02. The number of hydrogen-bond acceptors (Lipinski definition) is 3. The van der Waals surface area contributed by atoms with E-state index >= 15 is 0 Å². The largest absolute Gasteiger partial charge is 0.350 e. The normalized spacial score (nSPS) is 24.6. The smallest absolute Gasteiger partial charge is 0.256 e. The molecule has 1 amide bonds. The van der Waals surface area contributed by atoms with E-state index in [1.807, 2.05) is 17.8 Å². The first-order valence-electron chi connectivity index (χ1n) is 8.68. The van der Waals surface area contributed by atoms with Gasteiger partial charge in [0.15, 0.2) is 0 Å². The van der Waals surface area contributed by atoms with Crippen molar-refractivity contribution in [2.75, 3.05) is 11.6 Å². The molecule has 0 spiro atoms. The summed E-state index contributed by atoms with van der Waals surface area (Å²) >= 11 is 0. The van der Waals surface area contributed by atoms with Crippen LogP contribution < -0.4 is 10.2 Å². The van der Waals surface area contributed by atoms with Gasteiger partial charge in [-0.05, 0) is 37.7 Å². The molecular weight excluding hydrogens is 288 g/mol. The van der Waals surface area contributed by atoms with Gasteiger partial charge in [0.25, 0.3) is 5.91 Å². The molecule has 5 heteroatoms.